The minimum absolute atomic E-state index is 0.0387. The number of rotatable bonds is 4. The van der Waals surface area contributed by atoms with Crippen LogP contribution >= 0.6 is 0 Å². The van der Waals surface area contributed by atoms with Crippen molar-refractivity contribution in [2.75, 3.05) is 26.4 Å². The van der Waals surface area contributed by atoms with E-state index in [9.17, 15) is 0 Å². The summed E-state index contributed by atoms with van der Waals surface area (Å²) in [6, 6.07) is 0. The Hall–Kier alpha value is -0.160. The Morgan fingerprint density at radius 2 is 2.18 bits per heavy atom. The zero-order chi connectivity index (χ0) is 8.10. The molecule has 1 heterocycles. The van der Waals surface area contributed by atoms with Crippen molar-refractivity contribution >= 4 is 0 Å². The highest BCUT2D eigenvalue weighted by Gasteiger charge is 2.23. The summed E-state index contributed by atoms with van der Waals surface area (Å²) in [5.74, 6) is 0. The largest absolute Gasteiger partial charge is 0.394 e. The van der Waals surface area contributed by atoms with E-state index in [1.165, 1.54) is 0 Å². The molecule has 0 aliphatic carbocycles. The Bertz CT molecular complexity index is 101. The van der Waals surface area contributed by atoms with Crippen LogP contribution in [0.1, 0.15) is 6.92 Å². The summed E-state index contributed by atoms with van der Waals surface area (Å²) in [7, 11) is 0. The maximum absolute atomic E-state index is 8.45. The molecule has 0 saturated carbocycles. The monoisotopic (exact) mass is 162 g/mol. The third-order valence-corrected chi connectivity index (χ3v) is 1.50. The smallest absolute Gasteiger partial charge is 0.183 e. The number of aliphatic hydroxyl groups is 1. The Labute approximate surface area is 66.1 Å². The fourth-order valence-electron chi connectivity index (χ4n) is 0.965. The van der Waals surface area contributed by atoms with Gasteiger partial charge in [-0.15, -0.1) is 0 Å². The Morgan fingerprint density at radius 1 is 1.55 bits per heavy atom. The highest BCUT2D eigenvalue weighted by Crippen LogP contribution is 2.10. The summed E-state index contributed by atoms with van der Waals surface area (Å²) in [6.07, 6.45) is -0.341. The zero-order valence-electron chi connectivity index (χ0n) is 6.66. The van der Waals surface area contributed by atoms with Crippen molar-refractivity contribution in [3.05, 3.63) is 0 Å². The lowest BCUT2D eigenvalue weighted by Gasteiger charge is -2.17. The lowest BCUT2D eigenvalue weighted by molar-refractivity contribution is -0.139. The molecule has 1 atom stereocenters. The number of ether oxygens (including phenoxy) is 3. The van der Waals surface area contributed by atoms with E-state index in [1.54, 1.807) is 0 Å². The maximum atomic E-state index is 8.45. The Kier molecular flexibility index (Phi) is 3.79. The second kappa shape index (κ2) is 4.66. The van der Waals surface area contributed by atoms with Crippen molar-refractivity contribution in [3.8, 4) is 0 Å². The molecule has 0 aromatic carbocycles. The van der Waals surface area contributed by atoms with Gasteiger partial charge in [0, 0.05) is 0 Å². The Balaban J connectivity index is 2.12. The second-order valence-electron chi connectivity index (χ2n) is 2.41. The van der Waals surface area contributed by atoms with Crippen molar-refractivity contribution in [1.82, 2.24) is 0 Å². The van der Waals surface area contributed by atoms with Crippen LogP contribution in [0, 0.1) is 0 Å². The first-order valence-electron chi connectivity index (χ1n) is 3.80. The van der Waals surface area contributed by atoms with Gasteiger partial charge in [-0.2, -0.15) is 0 Å². The first-order chi connectivity index (χ1) is 5.34. The van der Waals surface area contributed by atoms with Gasteiger partial charge in [0.25, 0.3) is 0 Å². The van der Waals surface area contributed by atoms with Crippen LogP contribution in [0.15, 0.2) is 0 Å². The molecule has 0 radical (unpaired) electrons. The molecular weight excluding hydrogens is 148 g/mol. The summed E-state index contributed by atoms with van der Waals surface area (Å²) < 4.78 is 15.5. The van der Waals surface area contributed by atoms with Crippen LogP contribution in [0.3, 0.4) is 0 Å². The molecule has 1 rings (SSSR count). The molecule has 1 aliphatic heterocycles. The Morgan fingerprint density at radius 3 is 2.73 bits per heavy atom. The number of aliphatic hydroxyl groups excluding tert-OH is 1. The van der Waals surface area contributed by atoms with Gasteiger partial charge < -0.3 is 19.3 Å². The first-order valence-corrected chi connectivity index (χ1v) is 3.80. The van der Waals surface area contributed by atoms with Gasteiger partial charge in [0.05, 0.1) is 26.4 Å². The molecule has 4 nitrogen and oxygen atoms in total. The number of hydrogen-bond acceptors (Lipinski definition) is 4. The summed E-state index contributed by atoms with van der Waals surface area (Å²) in [5, 5.41) is 8.45. The molecule has 1 fully saturated rings. The highest BCUT2D eigenvalue weighted by molar-refractivity contribution is 4.60. The van der Waals surface area contributed by atoms with E-state index in [1.807, 2.05) is 6.92 Å². The van der Waals surface area contributed by atoms with Crippen LogP contribution < -0.4 is 0 Å². The van der Waals surface area contributed by atoms with Crippen LogP contribution in [0.25, 0.3) is 0 Å². The molecule has 1 N–H and O–H groups in total. The van der Waals surface area contributed by atoms with E-state index in [0.717, 1.165) is 0 Å². The van der Waals surface area contributed by atoms with Gasteiger partial charge in [0.2, 0.25) is 0 Å². The topological polar surface area (TPSA) is 47.9 Å². The van der Waals surface area contributed by atoms with Gasteiger partial charge in [-0.1, -0.05) is 0 Å². The van der Waals surface area contributed by atoms with E-state index in [-0.39, 0.29) is 19.0 Å². The predicted octanol–water partition coefficient (Wildman–Crippen LogP) is -0.243. The molecule has 1 unspecified atom stereocenters. The minimum Gasteiger partial charge on any atom is -0.394 e. The fourth-order valence-corrected chi connectivity index (χ4v) is 0.965. The van der Waals surface area contributed by atoms with Crippen molar-refractivity contribution in [2.24, 2.45) is 0 Å². The van der Waals surface area contributed by atoms with Crippen LogP contribution in [0.5, 0.6) is 0 Å². The average Bonchev–Trinajstić information content (AvgIpc) is 2.52. The molecule has 11 heavy (non-hydrogen) atoms. The molecule has 0 spiro atoms. The van der Waals surface area contributed by atoms with Gasteiger partial charge in [-0.25, -0.2) is 0 Å². The van der Waals surface area contributed by atoms with Gasteiger partial charge in [-0.05, 0) is 6.92 Å². The van der Waals surface area contributed by atoms with Gasteiger partial charge in [0.1, 0.15) is 6.10 Å². The van der Waals surface area contributed by atoms with Gasteiger partial charge in [0.15, 0.2) is 6.29 Å². The quantitative estimate of drug-likeness (QED) is 0.619. The summed E-state index contributed by atoms with van der Waals surface area (Å²) in [4.78, 5) is 0. The van der Waals surface area contributed by atoms with Gasteiger partial charge >= 0.3 is 0 Å². The standard InChI is InChI=1S/C7H14O4/c1-6(9-3-2-8)7-10-4-5-11-7/h6-8H,2-5H2,1H3. The van der Waals surface area contributed by atoms with Crippen molar-refractivity contribution in [1.29, 1.82) is 0 Å². The normalized spacial score (nSPS) is 22.4. The summed E-state index contributed by atoms with van der Waals surface area (Å²) in [5.41, 5.74) is 0. The second-order valence-corrected chi connectivity index (χ2v) is 2.41. The molecule has 0 aromatic rings. The first kappa shape index (κ1) is 8.93. The van der Waals surface area contributed by atoms with Crippen LogP contribution in [0.4, 0.5) is 0 Å². The molecule has 66 valence electrons. The van der Waals surface area contributed by atoms with Gasteiger partial charge in [-0.3, -0.25) is 0 Å². The van der Waals surface area contributed by atoms with E-state index < -0.39 is 0 Å². The van der Waals surface area contributed by atoms with Crippen LogP contribution in [-0.4, -0.2) is 43.9 Å². The van der Waals surface area contributed by atoms with E-state index in [0.29, 0.717) is 19.8 Å². The molecular formula is C7H14O4. The van der Waals surface area contributed by atoms with E-state index in [2.05, 4.69) is 0 Å². The molecule has 4 heteroatoms. The molecule has 0 bridgehead atoms. The lowest BCUT2D eigenvalue weighted by atomic mass is 10.4. The maximum Gasteiger partial charge on any atom is 0.183 e. The molecule has 1 aliphatic rings. The van der Waals surface area contributed by atoms with Crippen molar-refractivity contribution in [2.45, 2.75) is 19.3 Å². The van der Waals surface area contributed by atoms with Crippen LogP contribution in [0.2, 0.25) is 0 Å². The SMILES string of the molecule is CC(OCCO)C1OCCO1. The van der Waals surface area contributed by atoms with E-state index in [4.69, 9.17) is 19.3 Å². The van der Waals surface area contributed by atoms with Crippen molar-refractivity contribution in [3.63, 3.8) is 0 Å². The summed E-state index contributed by atoms with van der Waals surface area (Å²) in [6.45, 7) is 3.52. The number of hydrogen-bond donors (Lipinski definition) is 1. The minimum atomic E-state index is -0.249. The molecule has 1 saturated heterocycles. The predicted molar refractivity (Wildman–Crippen MR) is 38.2 cm³/mol. The highest BCUT2D eigenvalue weighted by atomic mass is 16.7. The van der Waals surface area contributed by atoms with Crippen molar-refractivity contribution < 1.29 is 19.3 Å². The summed E-state index contributed by atoms with van der Waals surface area (Å²) >= 11 is 0. The lowest BCUT2D eigenvalue weighted by Crippen LogP contribution is -2.27. The third-order valence-electron chi connectivity index (χ3n) is 1.50. The van der Waals surface area contributed by atoms with E-state index >= 15 is 0 Å². The fraction of sp³-hybridized carbons (Fsp3) is 1.00. The zero-order valence-corrected chi connectivity index (χ0v) is 6.66. The third kappa shape index (κ3) is 2.75. The average molecular weight is 162 g/mol. The van der Waals surface area contributed by atoms with Crippen LogP contribution in [-0.2, 0) is 14.2 Å². The molecule has 0 aromatic heterocycles. The molecule has 0 amide bonds.